The van der Waals surface area contributed by atoms with Crippen LogP contribution in [0.5, 0.6) is 0 Å². The Bertz CT molecular complexity index is 397. The molecule has 0 spiro atoms. The van der Waals surface area contributed by atoms with Crippen molar-refractivity contribution in [2.24, 2.45) is 5.73 Å². The van der Waals surface area contributed by atoms with Crippen LogP contribution in [0, 0.1) is 0 Å². The Morgan fingerprint density at radius 3 is 1.90 bits per heavy atom. The van der Waals surface area contributed by atoms with Crippen molar-refractivity contribution in [1.29, 1.82) is 0 Å². The average Bonchev–Trinajstić information content (AvgIpc) is 2.43. The summed E-state index contributed by atoms with van der Waals surface area (Å²) in [6.45, 7) is 11.7. The van der Waals surface area contributed by atoms with E-state index < -0.39 is 0 Å². The van der Waals surface area contributed by atoms with Gasteiger partial charge in [0.25, 0.3) is 0 Å². The highest BCUT2D eigenvalue weighted by molar-refractivity contribution is 5.27. The fourth-order valence-corrected chi connectivity index (χ4v) is 3.04. The van der Waals surface area contributed by atoms with E-state index in [9.17, 15) is 0 Å². The minimum Gasteiger partial charge on any atom is -0.329 e. The number of benzene rings is 1. The van der Waals surface area contributed by atoms with Crippen molar-refractivity contribution in [3.8, 4) is 0 Å². The van der Waals surface area contributed by atoms with Gasteiger partial charge in [0.2, 0.25) is 0 Å². The van der Waals surface area contributed by atoms with Crippen LogP contribution in [0.25, 0.3) is 0 Å². The van der Waals surface area contributed by atoms with Crippen LogP contribution in [0.4, 0.5) is 0 Å². The predicted molar refractivity (Wildman–Crippen MR) is 92.7 cm³/mol. The molecule has 2 N–H and O–H groups in total. The molecule has 1 aromatic carbocycles. The number of rotatable bonds is 8. The Morgan fingerprint density at radius 2 is 1.52 bits per heavy atom. The van der Waals surface area contributed by atoms with Gasteiger partial charge in [-0.25, -0.2) is 0 Å². The van der Waals surface area contributed by atoms with Crippen molar-refractivity contribution in [3.63, 3.8) is 0 Å². The second-order valence-electron chi connectivity index (χ2n) is 6.51. The zero-order valence-corrected chi connectivity index (χ0v) is 14.6. The van der Waals surface area contributed by atoms with Gasteiger partial charge in [0.05, 0.1) is 0 Å². The van der Waals surface area contributed by atoms with E-state index in [1.54, 1.807) is 0 Å². The van der Waals surface area contributed by atoms with Crippen molar-refractivity contribution in [1.82, 2.24) is 9.80 Å². The maximum atomic E-state index is 6.09. The highest BCUT2D eigenvalue weighted by Crippen LogP contribution is 2.24. The first kappa shape index (κ1) is 18.1. The molecule has 0 aromatic heterocycles. The summed E-state index contributed by atoms with van der Waals surface area (Å²) in [5.41, 5.74) is 8.81. The molecule has 0 amide bonds. The molecule has 120 valence electrons. The van der Waals surface area contributed by atoms with Crippen molar-refractivity contribution >= 4 is 0 Å². The summed E-state index contributed by atoms with van der Waals surface area (Å²) >= 11 is 0. The van der Waals surface area contributed by atoms with E-state index in [2.05, 4.69) is 75.9 Å². The first-order valence-corrected chi connectivity index (χ1v) is 8.11. The molecule has 0 saturated carbocycles. The standard InChI is InChI=1S/C18H33N3/c1-7-21(15(4)13-20(5)6)18(12-19)17-10-8-16(9-11-17)14(2)3/h8-11,14-15,18H,7,12-13,19H2,1-6H3. The van der Waals surface area contributed by atoms with E-state index in [0.717, 1.165) is 13.1 Å². The first-order chi connectivity index (χ1) is 9.90. The van der Waals surface area contributed by atoms with E-state index in [0.29, 0.717) is 24.5 Å². The highest BCUT2D eigenvalue weighted by atomic mass is 15.2. The zero-order valence-electron chi connectivity index (χ0n) is 14.6. The Hall–Kier alpha value is -0.900. The van der Waals surface area contributed by atoms with Crippen LogP contribution < -0.4 is 5.73 Å². The third-order valence-electron chi connectivity index (χ3n) is 4.17. The molecular formula is C18H33N3. The van der Waals surface area contributed by atoms with Crippen molar-refractivity contribution in [2.75, 3.05) is 33.7 Å². The maximum Gasteiger partial charge on any atom is 0.0473 e. The zero-order chi connectivity index (χ0) is 16.0. The summed E-state index contributed by atoms with van der Waals surface area (Å²) in [6.07, 6.45) is 0. The summed E-state index contributed by atoms with van der Waals surface area (Å²) in [6, 6.07) is 9.77. The Kier molecular flexibility index (Phi) is 7.36. The smallest absolute Gasteiger partial charge is 0.0473 e. The number of likely N-dealkylation sites (N-methyl/N-ethyl adjacent to an activating group) is 2. The van der Waals surface area contributed by atoms with Crippen LogP contribution in [0.15, 0.2) is 24.3 Å². The molecule has 0 aliphatic heterocycles. The van der Waals surface area contributed by atoms with Gasteiger partial charge >= 0.3 is 0 Å². The molecular weight excluding hydrogens is 258 g/mol. The fourth-order valence-electron chi connectivity index (χ4n) is 3.04. The monoisotopic (exact) mass is 291 g/mol. The maximum absolute atomic E-state index is 6.09. The Labute approximate surface area is 131 Å². The van der Waals surface area contributed by atoms with Gasteiger partial charge in [-0.1, -0.05) is 45.0 Å². The molecule has 2 atom stereocenters. The Morgan fingerprint density at radius 1 is 1.00 bits per heavy atom. The molecule has 1 aromatic rings. The van der Waals surface area contributed by atoms with E-state index in [1.165, 1.54) is 11.1 Å². The topological polar surface area (TPSA) is 32.5 Å². The third-order valence-corrected chi connectivity index (χ3v) is 4.17. The lowest BCUT2D eigenvalue weighted by atomic mass is 9.97. The SMILES string of the molecule is CCN(C(C)CN(C)C)C(CN)c1ccc(C(C)C)cc1. The number of hydrogen-bond acceptors (Lipinski definition) is 3. The van der Waals surface area contributed by atoms with Gasteiger partial charge in [-0.2, -0.15) is 0 Å². The molecule has 0 saturated heterocycles. The molecule has 0 fully saturated rings. The molecule has 1 rings (SSSR count). The van der Waals surface area contributed by atoms with Crippen LogP contribution in [0.2, 0.25) is 0 Å². The van der Waals surface area contributed by atoms with Crippen LogP contribution in [-0.2, 0) is 0 Å². The van der Waals surface area contributed by atoms with Crippen LogP contribution in [0.1, 0.15) is 50.8 Å². The molecule has 3 nitrogen and oxygen atoms in total. The number of hydrogen-bond donors (Lipinski definition) is 1. The fraction of sp³-hybridized carbons (Fsp3) is 0.667. The van der Waals surface area contributed by atoms with E-state index in [-0.39, 0.29) is 0 Å². The molecule has 3 heteroatoms. The van der Waals surface area contributed by atoms with Crippen LogP contribution in [0.3, 0.4) is 0 Å². The lowest BCUT2D eigenvalue weighted by Gasteiger charge is -2.36. The molecule has 0 bridgehead atoms. The molecule has 2 unspecified atom stereocenters. The summed E-state index contributed by atoms with van der Waals surface area (Å²) in [4.78, 5) is 4.74. The molecule has 0 radical (unpaired) electrons. The molecule has 0 aliphatic rings. The van der Waals surface area contributed by atoms with Crippen molar-refractivity contribution < 1.29 is 0 Å². The molecule has 0 aliphatic carbocycles. The highest BCUT2D eigenvalue weighted by Gasteiger charge is 2.23. The van der Waals surface area contributed by atoms with Gasteiger partial charge in [0.1, 0.15) is 0 Å². The molecule has 21 heavy (non-hydrogen) atoms. The van der Waals surface area contributed by atoms with Gasteiger partial charge in [0, 0.05) is 25.2 Å². The van der Waals surface area contributed by atoms with Gasteiger partial charge < -0.3 is 10.6 Å². The van der Waals surface area contributed by atoms with E-state index in [4.69, 9.17) is 5.73 Å². The number of nitrogens with zero attached hydrogens (tertiary/aromatic N) is 2. The summed E-state index contributed by atoms with van der Waals surface area (Å²) in [5.74, 6) is 0.574. The summed E-state index contributed by atoms with van der Waals surface area (Å²) < 4.78 is 0. The second kappa shape index (κ2) is 8.52. The molecule has 0 heterocycles. The predicted octanol–water partition coefficient (Wildman–Crippen LogP) is 3.08. The van der Waals surface area contributed by atoms with Crippen LogP contribution >= 0.6 is 0 Å². The van der Waals surface area contributed by atoms with Crippen LogP contribution in [-0.4, -0.2) is 49.6 Å². The van der Waals surface area contributed by atoms with Gasteiger partial charge in [-0.15, -0.1) is 0 Å². The quantitative estimate of drug-likeness (QED) is 0.799. The summed E-state index contributed by atoms with van der Waals surface area (Å²) in [7, 11) is 4.25. The first-order valence-electron chi connectivity index (χ1n) is 8.11. The van der Waals surface area contributed by atoms with E-state index >= 15 is 0 Å². The average molecular weight is 291 g/mol. The second-order valence-corrected chi connectivity index (χ2v) is 6.51. The minimum atomic E-state index is 0.297. The normalized spacial score (nSPS) is 15.0. The van der Waals surface area contributed by atoms with Crippen molar-refractivity contribution in [3.05, 3.63) is 35.4 Å². The van der Waals surface area contributed by atoms with Gasteiger partial charge in [-0.3, -0.25) is 4.90 Å². The van der Waals surface area contributed by atoms with E-state index in [1.807, 2.05) is 0 Å². The van der Waals surface area contributed by atoms with Gasteiger partial charge in [-0.05, 0) is 44.6 Å². The number of nitrogens with two attached hydrogens (primary N) is 1. The summed E-state index contributed by atoms with van der Waals surface area (Å²) in [5, 5.41) is 0. The minimum absolute atomic E-state index is 0.297. The Balaban J connectivity index is 2.92. The van der Waals surface area contributed by atoms with Crippen molar-refractivity contribution in [2.45, 2.75) is 45.7 Å². The van der Waals surface area contributed by atoms with Gasteiger partial charge in [0.15, 0.2) is 0 Å². The lowest BCUT2D eigenvalue weighted by Crippen LogP contribution is -2.44. The largest absolute Gasteiger partial charge is 0.329 e. The lowest BCUT2D eigenvalue weighted by molar-refractivity contribution is 0.131. The third kappa shape index (κ3) is 5.10.